The van der Waals surface area contributed by atoms with E-state index >= 15 is 0 Å². The Hall–Kier alpha value is -2.21. The molecule has 23 heavy (non-hydrogen) atoms. The average molecular weight is 322 g/mol. The number of carbonyl (C=O) groups excluding carboxylic acids is 1. The fourth-order valence-electron chi connectivity index (χ4n) is 4.07. The molecule has 2 nitrogen and oxygen atoms in total. The van der Waals surface area contributed by atoms with Crippen LogP contribution in [0.4, 0.5) is 17.6 Å². The third-order valence-electron chi connectivity index (χ3n) is 4.98. The van der Waals surface area contributed by atoms with Gasteiger partial charge in [-0.1, -0.05) is 24.3 Å². The van der Waals surface area contributed by atoms with Gasteiger partial charge >= 0.3 is 0 Å². The minimum atomic E-state index is -2.14. The van der Waals surface area contributed by atoms with E-state index in [9.17, 15) is 27.5 Å². The number of fused-ring (bicyclic) bond motifs is 8. The molecule has 2 aliphatic rings. The summed E-state index contributed by atoms with van der Waals surface area (Å²) in [5, 5.41) is 10.9. The van der Waals surface area contributed by atoms with Crippen LogP contribution >= 0.6 is 0 Å². The van der Waals surface area contributed by atoms with Crippen LogP contribution in [0.3, 0.4) is 0 Å². The SMILES string of the molecule is CC(=O)C1(O)[C@H]2c3ccccc3[C@H]1c1c(F)c(F)c(F)c(F)c12. The lowest BCUT2D eigenvalue weighted by Crippen LogP contribution is -2.41. The molecule has 0 amide bonds. The quantitative estimate of drug-likeness (QED) is 0.497. The van der Waals surface area contributed by atoms with E-state index in [0.29, 0.717) is 11.1 Å². The van der Waals surface area contributed by atoms with E-state index in [0.717, 1.165) is 6.92 Å². The molecule has 0 saturated carbocycles. The van der Waals surface area contributed by atoms with Gasteiger partial charge in [0, 0.05) is 23.0 Å². The number of ketones is 1. The van der Waals surface area contributed by atoms with Gasteiger partial charge in [-0.05, 0) is 18.1 Å². The summed E-state index contributed by atoms with van der Waals surface area (Å²) in [4.78, 5) is 12.1. The molecule has 0 spiro atoms. The summed E-state index contributed by atoms with van der Waals surface area (Å²) >= 11 is 0. The molecule has 2 atom stereocenters. The van der Waals surface area contributed by atoms with Crippen molar-refractivity contribution in [3.63, 3.8) is 0 Å². The number of aliphatic hydroxyl groups is 1. The predicted molar refractivity (Wildman–Crippen MR) is 72.0 cm³/mol. The van der Waals surface area contributed by atoms with Crippen molar-refractivity contribution in [1.29, 1.82) is 0 Å². The monoisotopic (exact) mass is 322 g/mol. The van der Waals surface area contributed by atoms with Gasteiger partial charge in [0.2, 0.25) is 0 Å². The van der Waals surface area contributed by atoms with Crippen molar-refractivity contribution in [3.8, 4) is 0 Å². The molecule has 0 heterocycles. The number of Topliss-reactive ketones (excluding diaryl/α,β-unsaturated/α-hetero) is 1. The highest BCUT2D eigenvalue weighted by molar-refractivity contribution is 5.93. The first-order chi connectivity index (χ1) is 10.8. The third-order valence-corrected chi connectivity index (χ3v) is 4.98. The maximum atomic E-state index is 14.3. The van der Waals surface area contributed by atoms with Gasteiger partial charge in [0.05, 0.1) is 0 Å². The highest BCUT2D eigenvalue weighted by atomic mass is 19.2. The Morgan fingerprint density at radius 2 is 1.30 bits per heavy atom. The number of hydrogen-bond acceptors (Lipinski definition) is 2. The van der Waals surface area contributed by atoms with Crippen molar-refractivity contribution < 1.29 is 27.5 Å². The summed E-state index contributed by atoms with van der Waals surface area (Å²) < 4.78 is 55.9. The minimum absolute atomic E-state index is 0.423. The molecule has 0 saturated heterocycles. The van der Waals surface area contributed by atoms with Crippen molar-refractivity contribution in [2.45, 2.75) is 24.4 Å². The van der Waals surface area contributed by atoms with E-state index in [1.54, 1.807) is 24.3 Å². The zero-order chi connectivity index (χ0) is 16.7. The topological polar surface area (TPSA) is 37.3 Å². The number of rotatable bonds is 1. The van der Waals surface area contributed by atoms with Gasteiger partial charge in [0.25, 0.3) is 0 Å². The van der Waals surface area contributed by atoms with Crippen molar-refractivity contribution in [3.05, 3.63) is 69.8 Å². The van der Waals surface area contributed by atoms with E-state index in [4.69, 9.17) is 0 Å². The molecule has 0 aromatic heterocycles. The zero-order valence-corrected chi connectivity index (χ0v) is 11.8. The van der Waals surface area contributed by atoms with E-state index in [-0.39, 0.29) is 0 Å². The summed E-state index contributed by atoms with van der Waals surface area (Å²) in [5.74, 6) is -10.2. The normalized spacial score (nSPS) is 27.0. The lowest BCUT2D eigenvalue weighted by atomic mass is 9.83. The van der Waals surface area contributed by atoms with Gasteiger partial charge in [0.1, 0.15) is 5.60 Å². The van der Waals surface area contributed by atoms with E-state index in [1.807, 2.05) is 0 Å². The van der Waals surface area contributed by atoms with Crippen LogP contribution in [0.1, 0.15) is 41.0 Å². The number of hydrogen-bond donors (Lipinski definition) is 1. The van der Waals surface area contributed by atoms with Crippen molar-refractivity contribution >= 4 is 5.78 Å². The maximum absolute atomic E-state index is 14.3. The molecular weight excluding hydrogens is 312 g/mol. The lowest BCUT2D eigenvalue weighted by Gasteiger charge is -2.25. The first-order valence-corrected chi connectivity index (χ1v) is 6.99. The highest BCUT2D eigenvalue weighted by Crippen LogP contribution is 2.63. The van der Waals surface area contributed by atoms with Crippen molar-refractivity contribution in [1.82, 2.24) is 0 Å². The molecule has 2 bridgehead atoms. The second-order valence-electron chi connectivity index (χ2n) is 5.96. The van der Waals surface area contributed by atoms with Crippen LogP contribution in [0, 0.1) is 23.3 Å². The molecule has 6 heteroatoms. The lowest BCUT2D eigenvalue weighted by molar-refractivity contribution is -0.135. The first-order valence-electron chi connectivity index (χ1n) is 6.99. The second-order valence-corrected chi connectivity index (χ2v) is 5.96. The fourth-order valence-corrected chi connectivity index (χ4v) is 4.07. The van der Waals surface area contributed by atoms with Gasteiger partial charge < -0.3 is 5.11 Å². The van der Waals surface area contributed by atoms with Gasteiger partial charge in [-0.25, -0.2) is 17.6 Å². The van der Waals surface area contributed by atoms with Crippen LogP contribution in [0.15, 0.2) is 24.3 Å². The molecular formula is C17H10F4O2. The Kier molecular flexibility index (Phi) is 2.63. The molecule has 118 valence electrons. The molecule has 0 aliphatic heterocycles. The van der Waals surface area contributed by atoms with Gasteiger partial charge in [-0.2, -0.15) is 0 Å². The Morgan fingerprint density at radius 1 is 0.913 bits per heavy atom. The Bertz CT molecular complexity index is 829. The maximum Gasteiger partial charge on any atom is 0.197 e. The van der Waals surface area contributed by atoms with E-state index in [2.05, 4.69) is 0 Å². The molecule has 0 unspecified atom stereocenters. The zero-order valence-electron chi connectivity index (χ0n) is 11.8. The molecule has 1 N–H and O–H groups in total. The number of benzene rings is 2. The molecule has 0 radical (unpaired) electrons. The van der Waals surface area contributed by atoms with E-state index in [1.165, 1.54) is 0 Å². The molecule has 0 fully saturated rings. The van der Waals surface area contributed by atoms with Crippen LogP contribution in [0.25, 0.3) is 0 Å². The molecule has 2 aromatic rings. The number of halogens is 4. The minimum Gasteiger partial charge on any atom is -0.380 e. The van der Waals surface area contributed by atoms with Gasteiger partial charge in [0.15, 0.2) is 29.1 Å². The summed E-state index contributed by atoms with van der Waals surface area (Å²) in [5.41, 5.74) is -2.24. The Labute approximate surface area is 128 Å². The number of carbonyl (C=O) groups is 1. The predicted octanol–water partition coefficient (Wildman–Crippen LogP) is 3.15. The molecule has 2 aromatic carbocycles. The summed E-state index contributed by atoms with van der Waals surface area (Å²) in [6, 6.07) is 6.37. The van der Waals surface area contributed by atoms with Crippen molar-refractivity contribution in [2.75, 3.05) is 0 Å². The molecule has 4 rings (SSSR count). The highest BCUT2D eigenvalue weighted by Gasteiger charge is 2.64. The van der Waals surface area contributed by atoms with Gasteiger partial charge in [-0.3, -0.25) is 4.79 Å². The summed E-state index contributed by atoms with van der Waals surface area (Å²) in [6.45, 7) is 1.10. The van der Waals surface area contributed by atoms with Crippen LogP contribution in [-0.4, -0.2) is 16.5 Å². The van der Waals surface area contributed by atoms with Crippen molar-refractivity contribution in [2.24, 2.45) is 0 Å². The smallest absolute Gasteiger partial charge is 0.197 e. The van der Waals surface area contributed by atoms with Crippen LogP contribution in [0.2, 0.25) is 0 Å². The van der Waals surface area contributed by atoms with Crippen LogP contribution in [0.5, 0.6) is 0 Å². The first kappa shape index (κ1) is 14.4. The Balaban J connectivity index is 2.16. The van der Waals surface area contributed by atoms with Gasteiger partial charge in [-0.15, -0.1) is 0 Å². The standard InChI is InChI=1S/C17H10F4O2/c1-6(22)17(23)11-7-4-2-3-5-8(7)12(17)10-9(11)13(18)15(20)16(21)14(10)19/h2-5,11-12,23H,1H3/t11-,12-/m0/s1. The average Bonchev–Trinajstić information content (AvgIpc) is 2.96. The third kappa shape index (κ3) is 1.40. The summed E-state index contributed by atoms with van der Waals surface area (Å²) in [7, 11) is 0. The Morgan fingerprint density at radius 3 is 1.65 bits per heavy atom. The molecule has 2 aliphatic carbocycles. The van der Waals surface area contributed by atoms with E-state index < -0.39 is 57.6 Å². The van der Waals surface area contributed by atoms with Crippen LogP contribution < -0.4 is 0 Å². The second kappa shape index (κ2) is 4.20. The largest absolute Gasteiger partial charge is 0.380 e. The summed E-state index contributed by atoms with van der Waals surface area (Å²) in [6.07, 6.45) is 0. The van der Waals surface area contributed by atoms with Crippen LogP contribution in [-0.2, 0) is 4.79 Å². The fraction of sp³-hybridized carbons (Fsp3) is 0.235.